The molecule has 4 heteroatoms. The molecule has 1 aromatic heterocycles. The van der Waals surface area contributed by atoms with E-state index in [2.05, 4.69) is 27.3 Å². The Labute approximate surface area is 126 Å². The van der Waals surface area contributed by atoms with Gasteiger partial charge >= 0.3 is 0 Å². The Morgan fingerprint density at radius 3 is 2.79 bits per heavy atom. The van der Waals surface area contributed by atoms with Gasteiger partial charge in [-0.25, -0.2) is 0 Å². The number of unbranched alkanes of at least 4 members (excludes halogenated alkanes) is 3. The summed E-state index contributed by atoms with van der Waals surface area (Å²) < 4.78 is 1.17. The lowest BCUT2D eigenvalue weighted by molar-refractivity contribution is 0.0955. The average Bonchev–Trinajstić information content (AvgIpc) is 2.86. The van der Waals surface area contributed by atoms with E-state index in [-0.39, 0.29) is 5.91 Å². The molecule has 0 fully saturated rings. The van der Waals surface area contributed by atoms with Crippen molar-refractivity contribution in [1.29, 1.82) is 0 Å². The topological polar surface area (TPSA) is 29.1 Å². The maximum absolute atomic E-state index is 12.1. The molecule has 0 atom stereocenters. The number of alkyl halides is 1. The van der Waals surface area contributed by atoms with Crippen LogP contribution in [0.15, 0.2) is 29.6 Å². The van der Waals surface area contributed by atoms with Crippen LogP contribution in [-0.4, -0.2) is 17.8 Å². The highest BCUT2D eigenvalue weighted by Gasteiger charge is 2.10. The van der Waals surface area contributed by atoms with Gasteiger partial charge < -0.3 is 5.32 Å². The Morgan fingerprint density at radius 2 is 1.95 bits per heavy atom. The molecule has 0 unspecified atom stereocenters. The molecule has 1 aromatic carbocycles. The number of nitrogens with one attached hydrogen (secondary N) is 1. The Morgan fingerprint density at radius 1 is 1.16 bits per heavy atom. The number of amides is 1. The lowest BCUT2D eigenvalue weighted by Crippen LogP contribution is -2.24. The van der Waals surface area contributed by atoms with Crippen molar-refractivity contribution in [2.75, 3.05) is 11.9 Å². The van der Waals surface area contributed by atoms with Crippen LogP contribution < -0.4 is 5.32 Å². The van der Waals surface area contributed by atoms with Crippen LogP contribution in [0.25, 0.3) is 10.1 Å². The number of benzene rings is 1. The van der Waals surface area contributed by atoms with E-state index in [1.165, 1.54) is 24.0 Å². The van der Waals surface area contributed by atoms with Crippen LogP contribution in [0.4, 0.5) is 0 Å². The molecular formula is C15H18BrNOS. The Kier molecular flexibility index (Phi) is 5.86. The number of carbonyl (C=O) groups excluding carboxylic acids is 1. The molecule has 1 N–H and O–H groups in total. The number of thiophene rings is 1. The van der Waals surface area contributed by atoms with Crippen molar-refractivity contribution in [2.45, 2.75) is 25.7 Å². The van der Waals surface area contributed by atoms with E-state index in [1.807, 2.05) is 23.6 Å². The molecule has 2 aromatic rings. The SMILES string of the molecule is O=C(NCCCCCCBr)c1csc2ccccc12. The summed E-state index contributed by atoms with van der Waals surface area (Å²) in [5.74, 6) is 0.0536. The van der Waals surface area contributed by atoms with Gasteiger partial charge in [0.25, 0.3) is 5.91 Å². The molecule has 0 bridgehead atoms. The first-order chi connectivity index (χ1) is 9.33. The summed E-state index contributed by atoms with van der Waals surface area (Å²) >= 11 is 5.05. The van der Waals surface area contributed by atoms with Gasteiger partial charge in [-0.1, -0.05) is 47.0 Å². The van der Waals surface area contributed by atoms with Crippen molar-refractivity contribution in [3.8, 4) is 0 Å². The summed E-state index contributed by atoms with van der Waals surface area (Å²) in [5, 5.41) is 7.09. The fourth-order valence-corrected chi connectivity index (χ4v) is 3.36. The lowest BCUT2D eigenvalue weighted by Gasteiger charge is -2.04. The van der Waals surface area contributed by atoms with Crippen LogP contribution in [-0.2, 0) is 0 Å². The van der Waals surface area contributed by atoms with E-state index in [4.69, 9.17) is 0 Å². The van der Waals surface area contributed by atoms with Crippen molar-refractivity contribution in [3.63, 3.8) is 0 Å². The maximum Gasteiger partial charge on any atom is 0.252 e. The molecule has 19 heavy (non-hydrogen) atoms. The molecule has 0 radical (unpaired) electrons. The first kappa shape index (κ1) is 14.5. The molecular weight excluding hydrogens is 322 g/mol. The monoisotopic (exact) mass is 339 g/mol. The quantitative estimate of drug-likeness (QED) is 0.580. The molecule has 0 saturated heterocycles. The largest absolute Gasteiger partial charge is 0.352 e. The zero-order valence-corrected chi connectivity index (χ0v) is 13.2. The third-order valence-corrected chi connectivity index (χ3v) is 4.60. The summed E-state index contributed by atoms with van der Waals surface area (Å²) in [6.07, 6.45) is 4.67. The van der Waals surface area contributed by atoms with Crippen LogP contribution in [0.2, 0.25) is 0 Å². The summed E-state index contributed by atoms with van der Waals surface area (Å²) in [5.41, 5.74) is 0.807. The van der Waals surface area contributed by atoms with Gasteiger partial charge in [0, 0.05) is 27.3 Å². The second-order valence-corrected chi connectivity index (χ2v) is 6.21. The minimum atomic E-state index is 0.0536. The molecule has 0 aliphatic heterocycles. The summed E-state index contributed by atoms with van der Waals surface area (Å²) in [6.45, 7) is 0.769. The fraction of sp³-hybridized carbons (Fsp3) is 0.400. The van der Waals surface area contributed by atoms with Crippen molar-refractivity contribution in [1.82, 2.24) is 5.32 Å². The number of halogens is 1. The van der Waals surface area contributed by atoms with Crippen LogP contribution >= 0.6 is 27.3 Å². The zero-order valence-electron chi connectivity index (χ0n) is 10.8. The lowest BCUT2D eigenvalue weighted by atomic mass is 10.1. The Hall–Kier alpha value is -0.870. The van der Waals surface area contributed by atoms with Crippen molar-refractivity contribution in [2.24, 2.45) is 0 Å². The molecule has 0 aliphatic carbocycles. The molecule has 2 rings (SSSR count). The predicted molar refractivity (Wildman–Crippen MR) is 86.4 cm³/mol. The normalized spacial score (nSPS) is 10.8. The van der Waals surface area contributed by atoms with E-state index in [9.17, 15) is 4.79 Å². The number of carbonyl (C=O) groups is 1. The van der Waals surface area contributed by atoms with Gasteiger partial charge in [-0.3, -0.25) is 4.79 Å². The highest BCUT2D eigenvalue weighted by atomic mass is 79.9. The second-order valence-electron chi connectivity index (χ2n) is 4.50. The minimum Gasteiger partial charge on any atom is -0.352 e. The van der Waals surface area contributed by atoms with E-state index in [0.29, 0.717) is 0 Å². The molecule has 1 heterocycles. The number of hydrogen-bond acceptors (Lipinski definition) is 2. The van der Waals surface area contributed by atoms with Gasteiger partial charge in [0.2, 0.25) is 0 Å². The highest BCUT2D eigenvalue weighted by Crippen LogP contribution is 2.25. The van der Waals surface area contributed by atoms with E-state index in [1.54, 1.807) is 11.3 Å². The van der Waals surface area contributed by atoms with Gasteiger partial charge in [0.15, 0.2) is 0 Å². The standard InChI is InChI=1S/C15H18BrNOS/c16-9-5-1-2-6-10-17-15(18)13-11-19-14-8-4-3-7-12(13)14/h3-4,7-8,11H,1-2,5-6,9-10H2,(H,17,18). The smallest absolute Gasteiger partial charge is 0.252 e. The first-order valence-electron chi connectivity index (χ1n) is 6.63. The molecule has 0 aliphatic rings. The Balaban J connectivity index is 1.83. The molecule has 0 saturated carbocycles. The van der Waals surface area contributed by atoms with Crippen LogP contribution in [0.5, 0.6) is 0 Å². The molecule has 0 spiro atoms. The summed E-state index contributed by atoms with van der Waals surface area (Å²) in [4.78, 5) is 12.1. The molecule has 1 amide bonds. The zero-order chi connectivity index (χ0) is 13.5. The maximum atomic E-state index is 12.1. The third kappa shape index (κ3) is 4.05. The summed E-state index contributed by atoms with van der Waals surface area (Å²) in [6, 6.07) is 8.05. The van der Waals surface area contributed by atoms with Crippen LogP contribution in [0, 0.1) is 0 Å². The highest BCUT2D eigenvalue weighted by molar-refractivity contribution is 9.09. The van der Waals surface area contributed by atoms with Gasteiger partial charge in [0.05, 0.1) is 5.56 Å². The average molecular weight is 340 g/mol. The van der Waals surface area contributed by atoms with Gasteiger partial charge in [-0.2, -0.15) is 0 Å². The van der Waals surface area contributed by atoms with Crippen molar-refractivity contribution < 1.29 is 4.79 Å². The second kappa shape index (κ2) is 7.65. The van der Waals surface area contributed by atoms with Crippen molar-refractivity contribution >= 4 is 43.3 Å². The van der Waals surface area contributed by atoms with Gasteiger partial charge in [0.1, 0.15) is 0 Å². The van der Waals surface area contributed by atoms with E-state index in [0.717, 1.165) is 29.2 Å². The molecule has 102 valence electrons. The summed E-state index contributed by atoms with van der Waals surface area (Å²) in [7, 11) is 0. The number of fused-ring (bicyclic) bond motifs is 1. The number of hydrogen-bond donors (Lipinski definition) is 1. The van der Waals surface area contributed by atoms with Crippen molar-refractivity contribution in [3.05, 3.63) is 35.2 Å². The minimum absolute atomic E-state index is 0.0536. The van der Waals surface area contributed by atoms with Gasteiger partial charge in [-0.05, 0) is 18.9 Å². The first-order valence-corrected chi connectivity index (χ1v) is 8.63. The fourth-order valence-electron chi connectivity index (χ4n) is 2.02. The molecule has 2 nitrogen and oxygen atoms in total. The van der Waals surface area contributed by atoms with Crippen LogP contribution in [0.3, 0.4) is 0 Å². The van der Waals surface area contributed by atoms with E-state index < -0.39 is 0 Å². The van der Waals surface area contributed by atoms with E-state index >= 15 is 0 Å². The Bertz CT molecular complexity index is 538. The third-order valence-electron chi connectivity index (χ3n) is 3.07. The number of rotatable bonds is 7. The van der Waals surface area contributed by atoms with Crippen LogP contribution in [0.1, 0.15) is 36.0 Å². The van der Waals surface area contributed by atoms with Gasteiger partial charge in [-0.15, -0.1) is 11.3 Å². The predicted octanol–water partition coefficient (Wildman–Crippen LogP) is 4.59.